The number of halogens is 1. The van der Waals surface area contributed by atoms with Gasteiger partial charge in [-0.2, -0.15) is 0 Å². The highest BCUT2D eigenvalue weighted by molar-refractivity contribution is 7.03. The fraction of sp³-hybridized carbons (Fsp3) is 0.143. The summed E-state index contributed by atoms with van der Waals surface area (Å²) in [4.78, 5) is 27.3. The van der Waals surface area contributed by atoms with Gasteiger partial charge in [0.05, 0.1) is 0 Å². The summed E-state index contributed by atoms with van der Waals surface area (Å²) in [5, 5.41) is 8.07. The van der Waals surface area contributed by atoms with Crippen LogP contribution in [0.5, 0.6) is 0 Å². The minimum atomic E-state index is -1.19. The van der Waals surface area contributed by atoms with Gasteiger partial charge in [0.1, 0.15) is 11.9 Å². The lowest BCUT2D eigenvalue weighted by molar-refractivity contribution is -0.126. The lowest BCUT2D eigenvalue weighted by Gasteiger charge is -2.30. The van der Waals surface area contributed by atoms with Crippen molar-refractivity contribution >= 4 is 23.3 Å². The summed E-state index contributed by atoms with van der Waals surface area (Å²) in [7, 11) is 0. The molecule has 0 unspecified atom stereocenters. The Morgan fingerprint density at radius 2 is 1.90 bits per heavy atom. The molecular formula is C21H19FN4O2S. The fourth-order valence-electron chi connectivity index (χ4n) is 2.88. The highest BCUT2D eigenvalue weighted by Gasteiger charge is 2.34. The van der Waals surface area contributed by atoms with Gasteiger partial charge >= 0.3 is 0 Å². The van der Waals surface area contributed by atoms with E-state index in [0.29, 0.717) is 0 Å². The zero-order valence-corrected chi connectivity index (χ0v) is 16.3. The second kappa shape index (κ2) is 9.70. The van der Waals surface area contributed by atoms with Crippen molar-refractivity contribution in [2.45, 2.75) is 12.6 Å². The first kappa shape index (κ1) is 20.3. The normalized spacial score (nSPS) is 11.5. The number of nitrogens with one attached hydrogen (secondary N) is 1. The van der Waals surface area contributed by atoms with E-state index in [2.05, 4.69) is 21.5 Å². The lowest BCUT2D eigenvalue weighted by atomic mass is 10.0. The van der Waals surface area contributed by atoms with Crippen molar-refractivity contribution in [1.29, 1.82) is 0 Å². The molecule has 29 heavy (non-hydrogen) atoms. The van der Waals surface area contributed by atoms with Gasteiger partial charge in [-0.1, -0.05) is 59.1 Å². The van der Waals surface area contributed by atoms with Crippen LogP contribution in [0.25, 0.3) is 0 Å². The van der Waals surface area contributed by atoms with Crippen molar-refractivity contribution in [3.8, 4) is 0 Å². The second-order valence-electron chi connectivity index (χ2n) is 6.16. The number of carbonyl (C=O) groups is 2. The molecule has 3 aromatic rings. The van der Waals surface area contributed by atoms with Gasteiger partial charge in [-0.25, -0.2) is 4.39 Å². The first-order chi connectivity index (χ1) is 14.1. The second-order valence-corrected chi connectivity index (χ2v) is 6.77. The summed E-state index contributed by atoms with van der Waals surface area (Å²) in [5.41, 5.74) is 1.07. The minimum absolute atomic E-state index is 0.0358. The minimum Gasteiger partial charge on any atom is -0.350 e. The molecule has 1 N–H and O–H groups in total. The largest absolute Gasteiger partial charge is 0.350 e. The van der Waals surface area contributed by atoms with E-state index >= 15 is 0 Å². The highest BCUT2D eigenvalue weighted by atomic mass is 32.1. The molecule has 6 nitrogen and oxygen atoms in total. The van der Waals surface area contributed by atoms with Crippen LogP contribution in [0.1, 0.15) is 27.7 Å². The molecule has 148 valence electrons. The number of benzene rings is 2. The zero-order valence-electron chi connectivity index (χ0n) is 15.5. The van der Waals surface area contributed by atoms with Crippen molar-refractivity contribution in [3.63, 3.8) is 0 Å². The quantitative estimate of drug-likeness (QED) is 0.578. The summed E-state index contributed by atoms with van der Waals surface area (Å²) in [6.07, 6.45) is 1.48. The van der Waals surface area contributed by atoms with Crippen LogP contribution in [0, 0.1) is 5.82 Å². The monoisotopic (exact) mass is 410 g/mol. The van der Waals surface area contributed by atoms with Crippen LogP contribution in [0.15, 0.2) is 72.6 Å². The third kappa shape index (κ3) is 4.91. The molecule has 0 aliphatic heterocycles. The Morgan fingerprint density at radius 1 is 1.17 bits per heavy atom. The van der Waals surface area contributed by atoms with Gasteiger partial charge in [0.15, 0.2) is 5.69 Å². The molecule has 1 atom stereocenters. The molecule has 0 radical (unpaired) electrons. The molecule has 0 aliphatic carbocycles. The third-order valence-corrected chi connectivity index (χ3v) is 4.74. The van der Waals surface area contributed by atoms with E-state index in [1.165, 1.54) is 34.6 Å². The van der Waals surface area contributed by atoms with Gasteiger partial charge in [0.25, 0.3) is 5.91 Å². The number of hydrogen-bond donors (Lipinski definition) is 1. The molecule has 0 bridgehead atoms. The standard InChI is InChI=1S/C21H19FN4O2S/c1-2-12-26(21(28)18-14-29-25-24-18)19(16-10-6-7-11-17(16)22)20(27)23-13-15-8-4-3-5-9-15/h2-11,14,19H,1,12-13H2,(H,23,27)/t19-/m0/s1. The Labute approximate surface area is 171 Å². The number of hydrogen-bond acceptors (Lipinski definition) is 5. The van der Waals surface area contributed by atoms with Crippen LogP contribution >= 0.6 is 11.5 Å². The van der Waals surface area contributed by atoms with Gasteiger partial charge in [-0.3, -0.25) is 9.59 Å². The maximum Gasteiger partial charge on any atom is 0.276 e. The van der Waals surface area contributed by atoms with Gasteiger partial charge < -0.3 is 10.2 Å². The number of carbonyl (C=O) groups excluding carboxylic acids is 2. The first-order valence-electron chi connectivity index (χ1n) is 8.86. The predicted molar refractivity (Wildman–Crippen MR) is 109 cm³/mol. The van der Waals surface area contributed by atoms with Crippen molar-refractivity contribution < 1.29 is 14.0 Å². The summed E-state index contributed by atoms with van der Waals surface area (Å²) >= 11 is 1.02. The Balaban J connectivity index is 1.94. The first-order valence-corrected chi connectivity index (χ1v) is 9.70. The van der Waals surface area contributed by atoms with Crippen molar-refractivity contribution in [1.82, 2.24) is 19.8 Å². The summed E-state index contributed by atoms with van der Waals surface area (Å²) in [5.74, 6) is -1.61. The third-order valence-electron chi connectivity index (χ3n) is 4.24. The molecule has 8 heteroatoms. The fourth-order valence-corrected chi connectivity index (χ4v) is 3.31. The van der Waals surface area contributed by atoms with Crippen molar-refractivity contribution in [2.75, 3.05) is 6.54 Å². The summed E-state index contributed by atoms with van der Waals surface area (Å²) in [6, 6.07) is 14.0. The van der Waals surface area contributed by atoms with Crippen LogP contribution < -0.4 is 5.32 Å². The topological polar surface area (TPSA) is 75.2 Å². The van der Waals surface area contributed by atoms with Crippen molar-refractivity contribution in [2.24, 2.45) is 0 Å². The maximum atomic E-state index is 14.6. The number of nitrogens with zero attached hydrogens (tertiary/aromatic N) is 3. The summed E-state index contributed by atoms with van der Waals surface area (Å²) < 4.78 is 18.3. The van der Waals surface area contributed by atoms with E-state index < -0.39 is 23.7 Å². The Kier molecular flexibility index (Phi) is 6.80. The van der Waals surface area contributed by atoms with Gasteiger partial charge in [-0.05, 0) is 23.2 Å². The Bertz CT molecular complexity index is 979. The zero-order chi connectivity index (χ0) is 20.6. The average molecular weight is 410 g/mol. The van der Waals surface area contributed by atoms with Crippen LogP contribution in [0.3, 0.4) is 0 Å². The van der Waals surface area contributed by atoms with Crippen LogP contribution in [-0.2, 0) is 11.3 Å². The summed E-state index contributed by atoms with van der Waals surface area (Å²) in [6.45, 7) is 3.95. The number of amides is 2. The maximum absolute atomic E-state index is 14.6. The average Bonchev–Trinajstić information content (AvgIpc) is 3.28. The van der Waals surface area contributed by atoms with Crippen LogP contribution in [0.2, 0.25) is 0 Å². The van der Waals surface area contributed by atoms with E-state index in [-0.39, 0.29) is 24.3 Å². The van der Waals surface area contributed by atoms with E-state index in [0.717, 1.165) is 17.1 Å². The molecule has 2 aromatic carbocycles. The molecule has 0 saturated carbocycles. The molecular weight excluding hydrogens is 391 g/mol. The smallest absolute Gasteiger partial charge is 0.276 e. The SMILES string of the molecule is C=CCN(C(=O)c1csnn1)[C@H](C(=O)NCc1ccccc1)c1ccccc1F. The van der Waals surface area contributed by atoms with Crippen LogP contribution in [0.4, 0.5) is 4.39 Å². The van der Waals surface area contributed by atoms with Crippen LogP contribution in [-0.4, -0.2) is 32.8 Å². The lowest BCUT2D eigenvalue weighted by Crippen LogP contribution is -2.44. The molecule has 0 spiro atoms. The van der Waals surface area contributed by atoms with Gasteiger partial charge in [0.2, 0.25) is 5.91 Å². The molecule has 0 saturated heterocycles. The Hall–Kier alpha value is -3.39. The predicted octanol–water partition coefficient (Wildman–Crippen LogP) is 3.36. The molecule has 2 amide bonds. The van der Waals surface area contributed by atoms with Gasteiger partial charge in [0, 0.05) is 24.0 Å². The molecule has 3 rings (SSSR count). The van der Waals surface area contributed by atoms with Crippen molar-refractivity contribution in [3.05, 3.63) is 95.3 Å². The van der Waals surface area contributed by atoms with E-state index in [1.807, 2.05) is 30.3 Å². The number of aromatic nitrogens is 2. The van der Waals surface area contributed by atoms with E-state index in [4.69, 9.17) is 0 Å². The molecule has 0 aliphatic rings. The molecule has 1 aromatic heterocycles. The molecule has 1 heterocycles. The van der Waals surface area contributed by atoms with Gasteiger partial charge in [-0.15, -0.1) is 11.7 Å². The number of rotatable bonds is 8. The molecule has 0 fully saturated rings. The van der Waals surface area contributed by atoms with E-state index in [1.54, 1.807) is 6.07 Å². The Morgan fingerprint density at radius 3 is 2.55 bits per heavy atom. The van der Waals surface area contributed by atoms with E-state index in [9.17, 15) is 14.0 Å². The highest BCUT2D eigenvalue weighted by Crippen LogP contribution is 2.26.